The molecule has 1 aromatic carbocycles. The lowest BCUT2D eigenvalue weighted by Crippen LogP contribution is -2.33. The van der Waals surface area contributed by atoms with Crippen molar-refractivity contribution < 1.29 is 4.79 Å². The van der Waals surface area contributed by atoms with E-state index in [1.807, 2.05) is 4.90 Å². The number of nitrogens with one attached hydrogen (secondary N) is 1. The molecular formula is C16H22N2O. The highest BCUT2D eigenvalue weighted by molar-refractivity contribution is 5.98. The summed E-state index contributed by atoms with van der Waals surface area (Å²) in [6.07, 6.45) is 2.35. The van der Waals surface area contributed by atoms with E-state index in [0.29, 0.717) is 0 Å². The molecule has 0 bridgehead atoms. The van der Waals surface area contributed by atoms with E-state index < -0.39 is 0 Å². The van der Waals surface area contributed by atoms with Crippen molar-refractivity contribution in [3.8, 4) is 0 Å². The van der Waals surface area contributed by atoms with Gasteiger partial charge in [0.15, 0.2) is 0 Å². The second-order valence-corrected chi connectivity index (χ2v) is 6.26. The first-order chi connectivity index (χ1) is 9.01. The Hall–Kier alpha value is -1.35. The Morgan fingerprint density at radius 1 is 1.37 bits per heavy atom. The lowest BCUT2D eigenvalue weighted by Gasteiger charge is -2.25. The number of amides is 1. The van der Waals surface area contributed by atoms with Crippen LogP contribution in [0.3, 0.4) is 0 Å². The number of carbonyl (C=O) groups excluding carboxylic acids is 1. The average molecular weight is 258 g/mol. The van der Waals surface area contributed by atoms with Crippen LogP contribution in [0.2, 0.25) is 0 Å². The summed E-state index contributed by atoms with van der Waals surface area (Å²) in [5, 5.41) is 3.56. The van der Waals surface area contributed by atoms with Gasteiger partial charge in [0.25, 0.3) is 5.91 Å². The Balaban J connectivity index is 1.96. The third kappa shape index (κ3) is 1.96. The molecule has 1 N–H and O–H groups in total. The second kappa shape index (κ2) is 4.34. The zero-order valence-electron chi connectivity index (χ0n) is 12.0. The molecule has 0 aliphatic carbocycles. The third-order valence-corrected chi connectivity index (χ3v) is 4.57. The molecule has 0 radical (unpaired) electrons. The van der Waals surface area contributed by atoms with Gasteiger partial charge in [-0.2, -0.15) is 0 Å². The number of rotatable bonds is 2. The highest BCUT2D eigenvalue weighted by Gasteiger charge is 2.34. The quantitative estimate of drug-likeness (QED) is 0.884. The molecule has 1 unspecified atom stereocenters. The first-order valence-electron chi connectivity index (χ1n) is 7.21. The maximum absolute atomic E-state index is 12.4. The number of hydrogen-bond donors (Lipinski definition) is 1. The standard InChI is InChI=1S/C16H22N2O/c1-11(2)18-10-12-5-6-13(9-14(12)15(18)19)16(3)7-4-8-17-16/h5-6,9,11,17H,4,7-8,10H2,1-3H3. The number of fused-ring (bicyclic) bond motifs is 1. The van der Waals surface area contributed by atoms with E-state index >= 15 is 0 Å². The minimum absolute atomic E-state index is 0.0422. The smallest absolute Gasteiger partial charge is 0.254 e. The van der Waals surface area contributed by atoms with Gasteiger partial charge in [-0.1, -0.05) is 12.1 Å². The summed E-state index contributed by atoms with van der Waals surface area (Å²) in [5.74, 6) is 0.188. The molecule has 0 aromatic heterocycles. The molecule has 3 heteroatoms. The molecule has 2 aliphatic heterocycles. The van der Waals surface area contributed by atoms with Crippen LogP contribution >= 0.6 is 0 Å². The Bertz CT molecular complexity index is 515. The maximum Gasteiger partial charge on any atom is 0.254 e. The van der Waals surface area contributed by atoms with E-state index in [4.69, 9.17) is 0 Å². The van der Waals surface area contributed by atoms with Crippen molar-refractivity contribution in [1.29, 1.82) is 0 Å². The molecular weight excluding hydrogens is 236 g/mol. The third-order valence-electron chi connectivity index (χ3n) is 4.57. The van der Waals surface area contributed by atoms with Crippen LogP contribution in [0.1, 0.15) is 55.1 Å². The Morgan fingerprint density at radius 2 is 2.16 bits per heavy atom. The van der Waals surface area contributed by atoms with Gasteiger partial charge in [-0.3, -0.25) is 4.79 Å². The molecule has 2 aliphatic rings. The minimum atomic E-state index is 0.0422. The zero-order valence-corrected chi connectivity index (χ0v) is 12.0. The van der Waals surface area contributed by atoms with Crippen molar-refractivity contribution in [3.63, 3.8) is 0 Å². The van der Waals surface area contributed by atoms with Crippen molar-refractivity contribution in [2.24, 2.45) is 0 Å². The van der Waals surface area contributed by atoms with E-state index in [2.05, 4.69) is 44.3 Å². The number of hydrogen-bond acceptors (Lipinski definition) is 2. The van der Waals surface area contributed by atoms with Gasteiger partial charge in [-0.25, -0.2) is 0 Å². The number of nitrogens with zero attached hydrogens (tertiary/aromatic N) is 1. The van der Waals surface area contributed by atoms with Crippen LogP contribution in [0, 0.1) is 0 Å². The Morgan fingerprint density at radius 3 is 2.79 bits per heavy atom. The topological polar surface area (TPSA) is 32.3 Å². The predicted octanol–water partition coefficient (Wildman–Crippen LogP) is 2.65. The fraction of sp³-hybridized carbons (Fsp3) is 0.562. The van der Waals surface area contributed by atoms with Gasteiger partial charge >= 0.3 is 0 Å². The van der Waals surface area contributed by atoms with Gasteiger partial charge in [0.1, 0.15) is 0 Å². The van der Waals surface area contributed by atoms with Crippen LogP contribution in [0.4, 0.5) is 0 Å². The molecule has 0 spiro atoms. The second-order valence-electron chi connectivity index (χ2n) is 6.26. The summed E-state index contributed by atoms with van der Waals surface area (Å²) in [7, 11) is 0. The number of carbonyl (C=O) groups is 1. The molecule has 3 nitrogen and oxygen atoms in total. The fourth-order valence-corrected chi connectivity index (χ4v) is 3.22. The largest absolute Gasteiger partial charge is 0.332 e. The average Bonchev–Trinajstić information content (AvgIpc) is 2.95. The van der Waals surface area contributed by atoms with Crippen LogP contribution < -0.4 is 5.32 Å². The van der Waals surface area contributed by atoms with Crippen LogP contribution in [-0.4, -0.2) is 23.4 Å². The molecule has 102 valence electrons. The molecule has 1 aromatic rings. The lowest BCUT2D eigenvalue weighted by molar-refractivity contribution is 0.0730. The van der Waals surface area contributed by atoms with Crippen LogP contribution in [0.5, 0.6) is 0 Å². The van der Waals surface area contributed by atoms with Gasteiger partial charge in [0.05, 0.1) is 0 Å². The van der Waals surface area contributed by atoms with E-state index in [1.165, 1.54) is 17.5 Å². The summed E-state index contributed by atoms with van der Waals surface area (Å²) >= 11 is 0. The zero-order chi connectivity index (χ0) is 13.6. The first kappa shape index (κ1) is 12.7. The molecule has 2 heterocycles. The monoisotopic (exact) mass is 258 g/mol. The van der Waals surface area contributed by atoms with Gasteiger partial charge in [-0.15, -0.1) is 0 Å². The van der Waals surface area contributed by atoms with Gasteiger partial charge in [-0.05, 0) is 57.4 Å². The van der Waals surface area contributed by atoms with Crippen molar-refractivity contribution in [2.45, 2.75) is 51.7 Å². The SMILES string of the molecule is CC(C)N1Cc2ccc(C3(C)CCCN3)cc2C1=O. The fourth-order valence-electron chi connectivity index (χ4n) is 3.22. The molecule has 1 fully saturated rings. The van der Waals surface area contributed by atoms with E-state index in [0.717, 1.165) is 25.1 Å². The highest BCUT2D eigenvalue weighted by atomic mass is 16.2. The van der Waals surface area contributed by atoms with Gasteiger partial charge in [0, 0.05) is 23.7 Å². The van der Waals surface area contributed by atoms with Crippen LogP contribution in [-0.2, 0) is 12.1 Å². The highest BCUT2D eigenvalue weighted by Crippen LogP contribution is 2.34. The first-order valence-corrected chi connectivity index (χ1v) is 7.21. The molecule has 0 saturated carbocycles. The lowest BCUT2D eigenvalue weighted by atomic mass is 9.88. The summed E-state index contributed by atoms with van der Waals surface area (Å²) < 4.78 is 0. The molecule has 1 atom stereocenters. The molecule has 1 amide bonds. The summed E-state index contributed by atoms with van der Waals surface area (Å²) in [4.78, 5) is 14.4. The van der Waals surface area contributed by atoms with Crippen molar-refractivity contribution in [3.05, 3.63) is 34.9 Å². The maximum atomic E-state index is 12.4. The summed E-state index contributed by atoms with van der Waals surface area (Å²) in [5.41, 5.74) is 3.37. The number of benzene rings is 1. The van der Waals surface area contributed by atoms with Gasteiger partial charge in [0.2, 0.25) is 0 Å². The molecule has 19 heavy (non-hydrogen) atoms. The van der Waals surface area contributed by atoms with E-state index in [9.17, 15) is 4.79 Å². The molecule has 3 rings (SSSR count). The van der Waals surface area contributed by atoms with Crippen LogP contribution in [0.25, 0.3) is 0 Å². The normalized spacial score (nSPS) is 26.3. The van der Waals surface area contributed by atoms with E-state index in [1.54, 1.807) is 0 Å². The van der Waals surface area contributed by atoms with Crippen molar-refractivity contribution >= 4 is 5.91 Å². The van der Waals surface area contributed by atoms with E-state index in [-0.39, 0.29) is 17.5 Å². The van der Waals surface area contributed by atoms with Gasteiger partial charge < -0.3 is 10.2 Å². The predicted molar refractivity (Wildman–Crippen MR) is 76.0 cm³/mol. The minimum Gasteiger partial charge on any atom is -0.332 e. The summed E-state index contributed by atoms with van der Waals surface area (Å²) in [6, 6.07) is 6.70. The summed E-state index contributed by atoms with van der Waals surface area (Å²) in [6.45, 7) is 8.21. The van der Waals surface area contributed by atoms with Crippen molar-refractivity contribution in [2.75, 3.05) is 6.54 Å². The molecule has 1 saturated heterocycles. The van der Waals surface area contributed by atoms with Crippen LogP contribution in [0.15, 0.2) is 18.2 Å². The Kier molecular flexibility index (Phi) is 2.90. The Labute approximate surface area is 115 Å². The van der Waals surface area contributed by atoms with Crippen molar-refractivity contribution in [1.82, 2.24) is 10.2 Å².